The van der Waals surface area contributed by atoms with Crippen molar-refractivity contribution >= 4 is 40.5 Å². The normalized spacial score (nSPS) is 15.4. The van der Waals surface area contributed by atoms with Gasteiger partial charge < -0.3 is 20.1 Å². The zero-order valence-corrected chi connectivity index (χ0v) is 15.9. The zero-order valence-electron chi connectivity index (χ0n) is 14.4. The number of nitrogens with zero attached hydrogens (tertiary/aromatic N) is 2. The van der Waals surface area contributed by atoms with Crippen LogP contribution in [0.15, 0.2) is 24.3 Å². The number of aryl methyl sites for hydroxylation is 1. The number of carbonyl (C=O) groups is 1. The second-order valence-electron chi connectivity index (χ2n) is 6.22. The van der Waals surface area contributed by atoms with Crippen molar-refractivity contribution in [3.63, 3.8) is 0 Å². The number of likely N-dealkylation sites (N-methyl/N-ethyl adjacent to an activating group) is 1. The van der Waals surface area contributed by atoms with Crippen molar-refractivity contribution in [2.75, 3.05) is 42.9 Å². The summed E-state index contributed by atoms with van der Waals surface area (Å²) in [5.41, 5.74) is 3.33. The number of aromatic nitrogens is 1. The first kappa shape index (κ1) is 18.1. The number of piperazine rings is 1. The van der Waals surface area contributed by atoms with Gasteiger partial charge in [0.2, 0.25) is 0 Å². The molecule has 3 rings (SSSR count). The lowest BCUT2D eigenvalue weighted by Crippen LogP contribution is -2.46. The van der Waals surface area contributed by atoms with E-state index in [1.807, 2.05) is 13.0 Å². The first-order chi connectivity index (χ1) is 12.0. The van der Waals surface area contributed by atoms with E-state index < -0.39 is 0 Å². The maximum Gasteiger partial charge on any atom is 0.272 e. The molecule has 1 aliphatic rings. The first-order valence-electron chi connectivity index (χ1n) is 8.41. The molecule has 25 heavy (non-hydrogen) atoms. The van der Waals surface area contributed by atoms with Gasteiger partial charge in [-0.3, -0.25) is 4.79 Å². The molecular weight excluding hydrogens is 359 g/mol. The van der Waals surface area contributed by atoms with E-state index in [2.05, 4.69) is 39.2 Å². The Balaban J connectivity index is 1.69. The van der Waals surface area contributed by atoms with Gasteiger partial charge in [0.25, 0.3) is 5.91 Å². The summed E-state index contributed by atoms with van der Waals surface area (Å²) in [5.74, 6) is -0.263. The number of carbonyl (C=O) groups excluding carboxylic acids is 1. The van der Waals surface area contributed by atoms with E-state index in [9.17, 15) is 4.79 Å². The van der Waals surface area contributed by atoms with Gasteiger partial charge in [-0.25, -0.2) is 0 Å². The molecule has 1 saturated heterocycles. The predicted molar refractivity (Wildman–Crippen MR) is 104 cm³/mol. The molecule has 5 nitrogen and oxygen atoms in total. The van der Waals surface area contributed by atoms with Crippen molar-refractivity contribution in [1.82, 2.24) is 9.88 Å². The molecule has 0 unspecified atom stereocenters. The third-order valence-corrected chi connectivity index (χ3v) is 5.31. The number of hydrogen-bond acceptors (Lipinski definition) is 3. The quantitative estimate of drug-likeness (QED) is 0.841. The minimum absolute atomic E-state index is 0.263. The summed E-state index contributed by atoms with van der Waals surface area (Å²) in [6.07, 6.45) is 0. The van der Waals surface area contributed by atoms with Crippen LogP contribution in [0, 0.1) is 6.92 Å². The van der Waals surface area contributed by atoms with Gasteiger partial charge in [0.05, 0.1) is 5.02 Å². The smallest absolute Gasteiger partial charge is 0.272 e. The summed E-state index contributed by atoms with van der Waals surface area (Å²) in [5, 5.41) is 3.51. The largest absolute Gasteiger partial charge is 0.369 e. The topological polar surface area (TPSA) is 51.4 Å². The van der Waals surface area contributed by atoms with Crippen LogP contribution in [0.4, 0.5) is 11.4 Å². The minimum Gasteiger partial charge on any atom is -0.369 e. The number of nitrogens with one attached hydrogen (secondary N) is 2. The van der Waals surface area contributed by atoms with E-state index in [-0.39, 0.29) is 11.1 Å². The van der Waals surface area contributed by atoms with Gasteiger partial charge in [0.15, 0.2) is 0 Å². The Kier molecular flexibility index (Phi) is 5.57. The lowest BCUT2D eigenvalue weighted by molar-refractivity contribution is 0.102. The Morgan fingerprint density at radius 2 is 1.92 bits per heavy atom. The lowest BCUT2D eigenvalue weighted by atomic mass is 10.1. The molecule has 1 fully saturated rings. The summed E-state index contributed by atoms with van der Waals surface area (Å²) < 4.78 is 0. The third kappa shape index (κ3) is 4.11. The Hall–Kier alpha value is -1.69. The Labute approximate surface area is 157 Å². The fourth-order valence-electron chi connectivity index (χ4n) is 3.02. The number of anilines is 2. The molecular formula is C18H22Cl2N4O. The maximum absolute atomic E-state index is 12.3. The second kappa shape index (κ2) is 7.68. The van der Waals surface area contributed by atoms with E-state index in [0.29, 0.717) is 10.7 Å². The summed E-state index contributed by atoms with van der Waals surface area (Å²) in [4.78, 5) is 19.9. The predicted octanol–water partition coefficient (Wildman–Crippen LogP) is 4.02. The standard InChI is InChI=1S/C18H22Cl2N4O/c1-3-23-6-8-24(9-7-23)13-4-5-15(12(2)10-13)22-18(25)16-11-14(19)17(20)21-16/h4-5,10-11,21H,3,6-9H2,1-2H3,(H,22,25). The van der Waals surface area contributed by atoms with E-state index >= 15 is 0 Å². The van der Waals surface area contributed by atoms with Gasteiger partial charge in [-0.1, -0.05) is 30.1 Å². The van der Waals surface area contributed by atoms with Crippen LogP contribution in [0.3, 0.4) is 0 Å². The molecule has 2 heterocycles. The van der Waals surface area contributed by atoms with E-state index in [0.717, 1.165) is 44.0 Å². The molecule has 0 radical (unpaired) electrons. The summed E-state index contributed by atoms with van der Waals surface area (Å²) in [6.45, 7) is 9.52. The van der Waals surface area contributed by atoms with E-state index in [1.165, 1.54) is 11.8 Å². The molecule has 1 amide bonds. The zero-order chi connectivity index (χ0) is 18.0. The average Bonchev–Trinajstić information content (AvgIpc) is 2.96. The second-order valence-corrected chi connectivity index (χ2v) is 7.00. The maximum atomic E-state index is 12.3. The number of benzene rings is 1. The fourth-order valence-corrected chi connectivity index (χ4v) is 3.34. The SMILES string of the molecule is CCN1CCN(c2ccc(NC(=O)c3cc(Cl)c(Cl)[nH]3)c(C)c2)CC1. The van der Waals surface area contributed by atoms with Crippen LogP contribution in [0.5, 0.6) is 0 Å². The van der Waals surface area contributed by atoms with Gasteiger partial charge in [0, 0.05) is 37.6 Å². The summed E-state index contributed by atoms with van der Waals surface area (Å²) in [6, 6.07) is 7.64. The highest BCUT2D eigenvalue weighted by Crippen LogP contribution is 2.26. The molecule has 0 aliphatic carbocycles. The first-order valence-corrected chi connectivity index (χ1v) is 9.17. The monoisotopic (exact) mass is 380 g/mol. The summed E-state index contributed by atoms with van der Waals surface area (Å²) >= 11 is 11.7. The number of halogens is 2. The van der Waals surface area contributed by atoms with Crippen LogP contribution in [0.1, 0.15) is 23.0 Å². The van der Waals surface area contributed by atoms with Crippen LogP contribution in [-0.2, 0) is 0 Å². The fraction of sp³-hybridized carbons (Fsp3) is 0.389. The van der Waals surface area contributed by atoms with Crippen molar-refractivity contribution in [2.45, 2.75) is 13.8 Å². The summed E-state index contributed by atoms with van der Waals surface area (Å²) in [7, 11) is 0. The van der Waals surface area contributed by atoms with Crippen LogP contribution >= 0.6 is 23.2 Å². The van der Waals surface area contributed by atoms with Crippen LogP contribution in [-0.4, -0.2) is 48.5 Å². The van der Waals surface area contributed by atoms with Gasteiger partial charge in [-0.2, -0.15) is 0 Å². The minimum atomic E-state index is -0.263. The number of H-pyrrole nitrogens is 1. The lowest BCUT2D eigenvalue weighted by Gasteiger charge is -2.35. The molecule has 2 N–H and O–H groups in total. The molecule has 7 heteroatoms. The van der Waals surface area contributed by atoms with Crippen molar-refractivity contribution in [3.05, 3.63) is 45.7 Å². The Bertz CT molecular complexity index is 747. The molecule has 134 valence electrons. The number of aromatic amines is 1. The van der Waals surface area contributed by atoms with E-state index in [4.69, 9.17) is 23.2 Å². The molecule has 0 saturated carbocycles. The van der Waals surface area contributed by atoms with Crippen molar-refractivity contribution in [3.8, 4) is 0 Å². The third-order valence-electron chi connectivity index (χ3n) is 4.61. The van der Waals surface area contributed by atoms with Gasteiger partial charge in [-0.05, 0) is 43.3 Å². The van der Waals surface area contributed by atoms with Crippen molar-refractivity contribution in [2.24, 2.45) is 0 Å². The molecule has 1 aliphatic heterocycles. The molecule has 0 spiro atoms. The molecule has 0 atom stereocenters. The molecule has 1 aromatic heterocycles. The van der Waals surface area contributed by atoms with Gasteiger partial charge in [-0.15, -0.1) is 0 Å². The van der Waals surface area contributed by atoms with Gasteiger partial charge >= 0.3 is 0 Å². The number of amides is 1. The molecule has 0 bridgehead atoms. The highest BCUT2D eigenvalue weighted by molar-refractivity contribution is 6.41. The average molecular weight is 381 g/mol. The highest BCUT2D eigenvalue weighted by atomic mass is 35.5. The number of hydrogen-bond donors (Lipinski definition) is 2. The van der Waals surface area contributed by atoms with Crippen LogP contribution < -0.4 is 10.2 Å². The Morgan fingerprint density at radius 1 is 1.20 bits per heavy atom. The van der Waals surface area contributed by atoms with Crippen molar-refractivity contribution in [1.29, 1.82) is 0 Å². The molecule has 1 aromatic carbocycles. The molecule has 2 aromatic rings. The van der Waals surface area contributed by atoms with Crippen LogP contribution in [0.2, 0.25) is 10.2 Å². The van der Waals surface area contributed by atoms with E-state index in [1.54, 1.807) is 0 Å². The van der Waals surface area contributed by atoms with Gasteiger partial charge in [0.1, 0.15) is 10.8 Å². The van der Waals surface area contributed by atoms with Crippen LogP contribution in [0.25, 0.3) is 0 Å². The Morgan fingerprint density at radius 3 is 2.48 bits per heavy atom. The highest BCUT2D eigenvalue weighted by Gasteiger charge is 2.17. The number of rotatable bonds is 4. The van der Waals surface area contributed by atoms with Crippen molar-refractivity contribution < 1.29 is 4.79 Å².